The third kappa shape index (κ3) is 4.32. The molecule has 1 aromatic rings. The second-order valence-corrected chi connectivity index (χ2v) is 4.89. The first kappa shape index (κ1) is 16.7. The Kier molecular flexibility index (Phi) is 5.72. The van der Waals surface area contributed by atoms with Crippen molar-refractivity contribution in [1.82, 2.24) is 0 Å². The molecular formula is C12H9ClF3NO2S. The van der Waals surface area contributed by atoms with Crippen LogP contribution >= 0.6 is 23.4 Å². The fourth-order valence-electron chi connectivity index (χ4n) is 1.42. The van der Waals surface area contributed by atoms with Gasteiger partial charge in [0.1, 0.15) is 0 Å². The standard InChI is InChI=1S/C12H9ClF3NO2S/c1-2-19-11(18)9-3-7(5-13)8(6-17)4-10(9)20-12(14,15)16/h3-4H,2,5H2,1H3. The smallest absolute Gasteiger partial charge is 0.446 e. The Morgan fingerprint density at radius 3 is 2.60 bits per heavy atom. The fourth-order valence-corrected chi connectivity index (χ4v) is 2.32. The van der Waals surface area contributed by atoms with Crippen molar-refractivity contribution >= 4 is 29.3 Å². The molecule has 0 fully saturated rings. The van der Waals surface area contributed by atoms with Gasteiger partial charge in [0.15, 0.2) is 0 Å². The number of nitriles is 1. The number of alkyl halides is 4. The lowest BCUT2D eigenvalue weighted by molar-refractivity contribution is -0.0328. The molecule has 3 nitrogen and oxygen atoms in total. The summed E-state index contributed by atoms with van der Waals surface area (Å²) in [5.74, 6) is -0.971. The number of nitrogens with zero attached hydrogens (tertiary/aromatic N) is 1. The summed E-state index contributed by atoms with van der Waals surface area (Å²) < 4.78 is 42.2. The van der Waals surface area contributed by atoms with Crippen LogP contribution in [0.4, 0.5) is 13.2 Å². The minimum Gasteiger partial charge on any atom is -0.462 e. The summed E-state index contributed by atoms with van der Waals surface area (Å²) in [5.41, 5.74) is -4.54. The molecule has 0 spiro atoms. The van der Waals surface area contributed by atoms with Crippen LogP contribution in [0.5, 0.6) is 0 Å². The lowest BCUT2D eigenvalue weighted by Crippen LogP contribution is -2.10. The molecule has 8 heteroatoms. The van der Waals surface area contributed by atoms with Crippen LogP contribution in [0.25, 0.3) is 0 Å². The fraction of sp³-hybridized carbons (Fsp3) is 0.333. The summed E-state index contributed by atoms with van der Waals surface area (Å²) in [6, 6.07) is 3.92. The average molecular weight is 324 g/mol. The Morgan fingerprint density at radius 2 is 2.15 bits per heavy atom. The van der Waals surface area contributed by atoms with E-state index in [4.69, 9.17) is 21.6 Å². The molecule has 0 saturated heterocycles. The molecule has 20 heavy (non-hydrogen) atoms. The van der Waals surface area contributed by atoms with Gasteiger partial charge in [-0.1, -0.05) is 0 Å². The molecule has 0 bridgehead atoms. The van der Waals surface area contributed by atoms with E-state index in [0.29, 0.717) is 0 Å². The van der Waals surface area contributed by atoms with E-state index in [1.807, 2.05) is 0 Å². The van der Waals surface area contributed by atoms with Crippen molar-refractivity contribution in [3.05, 3.63) is 28.8 Å². The first-order chi connectivity index (χ1) is 9.32. The van der Waals surface area contributed by atoms with Crippen molar-refractivity contribution in [2.75, 3.05) is 6.61 Å². The summed E-state index contributed by atoms with van der Waals surface area (Å²) in [5, 5.41) is 8.89. The molecule has 0 unspecified atom stereocenters. The normalized spacial score (nSPS) is 11.0. The number of benzene rings is 1. The van der Waals surface area contributed by atoms with Crippen LogP contribution in [-0.4, -0.2) is 18.1 Å². The van der Waals surface area contributed by atoms with Crippen LogP contribution in [-0.2, 0) is 10.6 Å². The minimum absolute atomic E-state index is 0.000187. The van der Waals surface area contributed by atoms with Gasteiger partial charge < -0.3 is 4.74 Å². The van der Waals surface area contributed by atoms with Crippen LogP contribution in [0.3, 0.4) is 0 Å². The predicted molar refractivity (Wildman–Crippen MR) is 68.6 cm³/mol. The van der Waals surface area contributed by atoms with E-state index >= 15 is 0 Å². The zero-order chi connectivity index (χ0) is 15.3. The van der Waals surface area contributed by atoms with Gasteiger partial charge in [-0.3, -0.25) is 0 Å². The zero-order valence-electron chi connectivity index (χ0n) is 10.3. The topological polar surface area (TPSA) is 50.1 Å². The molecule has 0 atom stereocenters. The summed E-state index contributed by atoms with van der Waals surface area (Å²) in [6.45, 7) is 1.58. The lowest BCUT2D eigenvalue weighted by Gasteiger charge is -2.12. The molecule has 0 aliphatic carbocycles. The molecule has 0 aromatic heterocycles. The van der Waals surface area contributed by atoms with Gasteiger partial charge in [-0.2, -0.15) is 18.4 Å². The number of rotatable bonds is 4. The molecular weight excluding hydrogens is 315 g/mol. The number of thioether (sulfide) groups is 1. The summed E-state index contributed by atoms with van der Waals surface area (Å²) >= 11 is 5.15. The van der Waals surface area contributed by atoms with Gasteiger partial charge in [0, 0.05) is 10.8 Å². The van der Waals surface area contributed by atoms with Gasteiger partial charge in [-0.25, -0.2) is 4.79 Å². The Morgan fingerprint density at radius 1 is 1.50 bits per heavy atom. The van der Waals surface area contributed by atoms with E-state index in [2.05, 4.69) is 0 Å². The first-order valence-corrected chi connectivity index (χ1v) is 6.73. The Hall–Kier alpha value is -1.39. The van der Waals surface area contributed by atoms with E-state index < -0.39 is 23.2 Å². The molecule has 0 aliphatic heterocycles. The quantitative estimate of drug-likeness (QED) is 0.476. The molecule has 1 aromatic carbocycles. The molecule has 0 heterocycles. The van der Waals surface area contributed by atoms with Crippen molar-refractivity contribution in [3.63, 3.8) is 0 Å². The van der Waals surface area contributed by atoms with Crippen molar-refractivity contribution in [1.29, 1.82) is 5.26 Å². The van der Waals surface area contributed by atoms with Crippen LogP contribution in [0.15, 0.2) is 17.0 Å². The van der Waals surface area contributed by atoms with Gasteiger partial charge >= 0.3 is 11.5 Å². The van der Waals surface area contributed by atoms with Crippen molar-refractivity contribution < 1.29 is 22.7 Å². The van der Waals surface area contributed by atoms with Gasteiger partial charge in [-0.15, -0.1) is 11.6 Å². The SMILES string of the molecule is CCOC(=O)c1cc(CCl)c(C#N)cc1SC(F)(F)F. The van der Waals surface area contributed by atoms with Gasteiger partial charge in [-0.05, 0) is 36.4 Å². The maximum atomic E-state index is 12.5. The first-order valence-electron chi connectivity index (χ1n) is 5.38. The molecule has 0 radical (unpaired) electrons. The largest absolute Gasteiger partial charge is 0.462 e. The number of hydrogen-bond donors (Lipinski definition) is 0. The number of carbonyl (C=O) groups is 1. The molecule has 0 saturated carbocycles. The number of esters is 1. The van der Waals surface area contributed by atoms with Crippen LogP contribution in [0, 0.1) is 11.3 Å². The maximum absolute atomic E-state index is 12.5. The van der Waals surface area contributed by atoms with Gasteiger partial charge in [0.2, 0.25) is 0 Å². The Bertz CT molecular complexity index is 555. The van der Waals surface area contributed by atoms with E-state index in [-0.39, 0.29) is 34.1 Å². The van der Waals surface area contributed by atoms with Crippen molar-refractivity contribution in [3.8, 4) is 6.07 Å². The number of hydrogen-bond acceptors (Lipinski definition) is 4. The van der Waals surface area contributed by atoms with Crippen LogP contribution < -0.4 is 0 Å². The highest BCUT2D eigenvalue weighted by Gasteiger charge is 2.32. The van der Waals surface area contributed by atoms with E-state index in [1.54, 1.807) is 13.0 Å². The predicted octanol–water partition coefficient (Wildman–Crippen LogP) is 4.09. The van der Waals surface area contributed by atoms with Gasteiger partial charge in [0.05, 0.1) is 23.8 Å². The summed E-state index contributed by atoms with van der Waals surface area (Å²) in [7, 11) is 0. The van der Waals surface area contributed by atoms with E-state index in [9.17, 15) is 18.0 Å². The average Bonchev–Trinajstić information content (AvgIpc) is 2.36. The third-order valence-corrected chi connectivity index (χ3v) is 3.27. The third-order valence-electron chi connectivity index (χ3n) is 2.19. The number of ether oxygens (including phenoxy) is 1. The van der Waals surface area contributed by atoms with Crippen molar-refractivity contribution in [2.24, 2.45) is 0 Å². The summed E-state index contributed by atoms with van der Waals surface area (Å²) in [6.07, 6.45) is 0. The van der Waals surface area contributed by atoms with E-state index in [1.165, 1.54) is 0 Å². The Balaban J connectivity index is 3.37. The number of halogens is 4. The molecule has 0 amide bonds. The zero-order valence-corrected chi connectivity index (χ0v) is 11.8. The van der Waals surface area contributed by atoms with Crippen LogP contribution in [0.1, 0.15) is 28.4 Å². The second-order valence-electron chi connectivity index (χ2n) is 3.52. The highest BCUT2D eigenvalue weighted by atomic mass is 35.5. The molecule has 108 valence electrons. The van der Waals surface area contributed by atoms with E-state index in [0.717, 1.165) is 12.1 Å². The van der Waals surface area contributed by atoms with Crippen LogP contribution in [0.2, 0.25) is 0 Å². The lowest BCUT2D eigenvalue weighted by atomic mass is 10.1. The Labute approximate surface area is 122 Å². The summed E-state index contributed by atoms with van der Waals surface area (Å²) in [4.78, 5) is 11.3. The van der Waals surface area contributed by atoms with Gasteiger partial charge in [0.25, 0.3) is 0 Å². The van der Waals surface area contributed by atoms with Crippen molar-refractivity contribution in [2.45, 2.75) is 23.2 Å². The number of carbonyl (C=O) groups excluding carboxylic acids is 1. The molecule has 0 aliphatic rings. The maximum Gasteiger partial charge on any atom is 0.446 e. The molecule has 0 N–H and O–H groups in total. The highest BCUT2D eigenvalue weighted by molar-refractivity contribution is 8.00. The monoisotopic (exact) mass is 323 g/mol. The highest BCUT2D eigenvalue weighted by Crippen LogP contribution is 2.40. The second kappa shape index (κ2) is 6.86. The molecule has 1 rings (SSSR count). The minimum atomic E-state index is -4.57.